The number of carbonyl (C=O) groups is 2. The Labute approximate surface area is 173 Å². The molecule has 30 heavy (non-hydrogen) atoms. The Morgan fingerprint density at radius 3 is 2.90 bits per heavy atom. The van der Waals surface area contributed by atoms with Gasteiger partial charge in [0.15, 0.2) is 0 Å². The Hall–Kier alpha value is -3.39. The van der Waals surface area contributed by atoms with Crippen LogP contribution in [0.15, 0.2) is 53.3 Å². The molecule has 0 radical (unpaired) electrons. The van der Waals surface area contributed by atoms with Gasteiger partial charge in [0.2, 0.25) is 11.8 Å². The van der Waals surface area contributed by atoms with Crippen molar-refractivity contribution in [2.24, 2.45) is 0 Å². The van der Waals surface area contributed by atoms with E-state index in [1.54, 1.807) is 13.0 Å². The zero-order valence-corrected chi connectivity index (χ0v) is 16.7. The van der Waals surface area contributed by atoms with Crippen LogP contribution in [0.2, 0.25) is 0 Å². The number of aromatic amines is 1. The number of aliphatic hydroxyl groups is 1. The molecule has 8 heteroatoms. The predicted octanol–water partition coefficient (Wildman–Crippen LogP) is 1.80. The topological polar surface area (TPSA) is 111 Å². The Kier molecular flexibility index (Phi) is 5.67. The number of amides is 2. The lowest BCUT2D eigenvalue weighted by Gasteiger charge is -2.23. The summed E-state index contributed by atoms with van der Waals surface area (Å²) in [6.07, 6.45) is 3.28. The van der Waals surface area contributed by atoms with Crippen molar-refractivity contribution in [3.63, 3.8) is 0 Å². The summed E-state index contributed by atoms with van der Waals surface area (Å²) in [7, 11) is 0. The van der Waals surface area contributed by atoms with E-state index < -0.39 is 12.1 Å². The zero-order valence-electron chi connectivity index (χ0n) is 16.7. The van der Waals surface area contributed by atoms with E-state index in [2.05, 4.69) is 15.5 Å². The van der Waals surface area contributed by atoms with Crippen molar-refractivity contribution in [2.75, 3.05) is 6.54 Å². The molecule has 0 aliphatic carbocycles. The quantitative estimate of drug-likeness (QED) is 0.576. The number of aromatic nitrogens is 2. The van der Waals surface area contributed by atoms with Crippen molar-refractivity contribution in [1.82, 2.24) is 20.4 Å². The van der Waals surface area contributed by atoms with E-state index in [4.69, 9.17) is 4.52 Å². The number of carbonyl (C=O) groups excluding carboxylic acids is 2. The number of benzene rings is 1. The molecule has 156 valence electrons. The molecule has 4 rings (SSSR count). The third-order valence-electron chi connectivity index (χ3n) is 5.23. The summed E-state index contributed by atoms with van der Waals surface area (Å²) >= 11 is 0. The standard InChI is InChI=1S/C22H24N4O4/c1-14-7-19(30-25-14)10-21(28)26-13-18(27)9-20(26)22(29)24-11-15-3-2-4-16(8-15)17-5-6-23-12-17/h2-8,12,18,20,23,27H,9-11,13H2,1H3,(H,24,29). The summed E-state index contributed by atoms with van der Waals surface area (Å²) in [5.41, 5.74) is 3.77. The van der Waals surface area contributed by atoms with Crippen molar-refractivity contribution in [2.45, 2.75) is 38.5 Å². The molecule has 1 aromatic carbocycles. The lowest BCUT2D eigenvalue weighted by molar-refractivity contribution is -0.138. The summed E-state index contributed by atoms with van der Waals surface area (Å²) in [5, 5.41) is 16.7. The van der Waals surface area contributed by atoms with Crippen molar-refractivity contribution >= 4 is 11.8 Å². The van der Waals surface area contributed by atoms with Gasteiger partial charge in [-0.15, -0.1) is 0 Å². The Bertz CT molecular complexity index is 1030. The van der Waals surface area contributed by atoms with Crippen molar-refractivity contribution in [3.05, 3.63) is 65.8 Å². The van der Waals surface area contributed by atoms with E-state index in [0.717, 1.165) is 16.7 Å². The highest BCUT2D eigenvalue weighted by molar-refractivity contribution is 5.89. The first-order valence-corrected chi connectivity index (χ1v) is 9.89. The normalized spacial score (nSPS) is 18.5. The average Bonchev–Trinajstić information content (AvgIpc) is 3.48. The van der Waals surface area contributed by atoms with Crippen LogP contribution in [0, 0.1) is 6.92 Å². The highest BCUT2D eigenvalue weighted by Gasteiger charge is 2.38. The number of hydrogen-bond acceptors (Lipinski definition) is 5. The molecule has 0 spiro atoms. The first-order valence-electron chi connectivity index (χ1n) is 9.89. The molecule has 2 amide bonds. The third-order valence-corrected chi connectivity index (χ3v) is 5.23. The molecule has 2 atom stereocenters. The number of likely N-dealkylation sites (tertiary alicyclic amines) is 1. The summed E-state index contributed by atoms with van der Waals surface area (Å²) in [6, 6.07) is 10.9. The van der Waals surface area contributed by atoms with E-state index >= 15 is 0 Å². The number of β-amino-alcohol motifs (C(OH)–C–C–N with tert-alkyl or cyclic N) is 1. The molecule has 2 unspecified atom stereocenters. The van der Waals surface area contributed by atoms with Gasteiger partial charge in [-0.2, -0.15) is 0 Å². The van der Waals surface area contributed by atoms with Gasteiger partial charge in [0, 0.05) is 38.0 Å². The monoisotopic (exact) mass is 408 g/mol. The van der Waals surface area contributed by atoms with Crippen molar-refractivity contribution in [3.8, 4) is 11.1 Å². The minimum Gasteiger partial charge on any atom is -0.391 e. The Morgan fingerprint density at radius 1 is 1.30 bits per heavy atom. The van der Waals surface area contributed by atoms with Gasteiger partial charge in [0.1, 0.15) is 11.8 Å². The number of aryl methyl sites for hydroxylation is 1. The van der Waals surface area contributed by atoms with Crippen LogP contribution in [0.3, 0.4) is 0 Å². The molecule has 0 bridgehead atoms. The van der Waals surface area contributed by atoms with Gasteiger partial charge in [0.25, 0.3) is 0 Å². The van der Waals surface area contributed by atoms with Crippen molar-refractivity contribution < 1.29 is 19.2 Å². The summed E-state index contributed by atoms with van der Waals surface area (Å²) in [6.45, 7) is 2.25. The number of nitrogens with one attached hydrogen (secondary N) is 2. The van der Waals surface area contributed by atoms with Gasteiger partial charge < -0.3 is 24.8 Å². The first kappa shape index (κ1) is 19.9. The van der Waals surface area contributed by atoms with Gasteiger partial charge in [0.05, 0.1) is 18.2 Å². The molecule has 3 heterocycles. The van der Waals surface area contributed by atoms with Gasteiger partial charge in [-0.05, 0) is 35.7 Å². The predicted molar refractivity (Wildman–Crippen MR) is 109 cm³/mol. The lowest BCUT2D eigenvalue weighted by atomic mass is 10.1. The minimum absolute atomic E-state index is 0.00997. The fourth-order valence-corrected chi connectivity index (χ4v) is 3.76. The van der Waals surface area contributed by atoms with Crippen molar-refractivity contribution in [1.29, 1.82) is 0 Å². The van der Waals surface area contributed by atoms with Crippen LogP contribution in [0.1, 0.15) is 23.4 Å². The molecule has 1 aliphatic heterocycles. The van der Waals surface area contributed by atoms with E-state index in [0.29, 0.717) is 18.0 Å². The Balaban J connectivity index is 1.39. The summed E-state index contributed by atoms with van der Waals surface area (Å²) < 4.78 is 5.10. The molecule has 1 saturated heterocycles. The fraction of sp³-hybridized carbons (Fsp3) is 0.318. The molecule has 1 fully saturated rings. The maximum absolute atomic E-state index is 12.8. The Morgan fingerprint density at radius 2 is 2.17 bits per heavy atom. The molecule has 1 aliphatic rings. The molecule has 3 aromatic rings. The number of nitrogens with zero attached hydrogens (tertiary/aromatic N) is 2. The second kappa shape index (κ2) is 8.54. The molecule has 2 aromatic heterocycles. The zero-order chi connectivity index (χ0) is 21.1. The number of aliphatic hydroxyl groups excluding tert-OH is 1. The largest absolute Gasteiger partial charge is 0.391 e. The van der Waals surface area contributed by atoms with E-state index in [9.17, 15) is 14.7 Å². The maximum atomic E-state index is 12.8. The van der Waals surface area contributed by atoms with E-state index in [1.807, 2.05) is 42.7 Å². The second-order valence-electron chi connectivity index (χ2n) is 7.58. The molecular weight excluding hydrogens is 384 g/mol. The van der Waals surface area contributed by atoms with Gasteiger partial charge in [-0.25, -0.2) is 0 Å². The molecule has 8 nitrogen and oxygen atoms in total. The smallest absolute Gasteiger partial charge is 0.243 e. The average molecular weight is 408 g/mol. The van der Waals surface area contributed by atoms with Crippen LogP contribution in [-0.2, 0) is 22.6 Å². The fourth-order valence-electron chi connectivity index (χ4n) is 3.76. The first-order chi connectivity index (χ1) is 14.5. The lowest BCUT2D eigenvalue weighted by Crippen LogP contribution is -2.46. The molecule has 0 saturated carbocycles. The molecular formula is C22H24N4O4. The highest BCUT2D eigenvalue weighted by atomic mass is 16.5. The van der Waals surface area contributed by atoms with Crippen LogP contribution in [0.4, 0.5) is 0 Å². The maximum Gasteiger partial charge on any atom is 0.243 e. The number of rotatable bonds is 6. The van der Waals surface area contributed by atoms with Crippen LogP contribution in [-0.4, -0.2) is 50.7 Å². The van der Waals surface area contributed by atoms with E-state index in [-0.39, 0.29) is 31.2 Å². The number of H-pyrrole nitrogens is 1. The van der Waals surface area contributed by atoms with Gasteiger partial charge >= 0.3 is 0 Å². The minimum atomic E-state index is -0.724. The second-order valence-corrected chi connectivity index (χ2v) is 7.58. The van der Waals surface area contributed by atoms with Gasteiger partial charge in [-0.3, -0.25) is 9.59 Å². The van der Waals surface area contributed by atoms with Gasteiger partial charge in [-0.1, -0.05) is 23.4 Å². The van der Waals surface area contributed by atoms with E-state index in [1.165, 1.54) is 4.90 Å². The SMILES string of the molecule is Cc1cc(CC(=O)N2CC(O)CC2C(=O)NCc2cccc(-c3cc[nH]c3)c2)on1. The number of hydrogen-bond donors (Lipinski definition) is 3. The molecule has 3 N–H and O–H groups in total. The summed E-state index contributed by atoms with van der Waals surface area (Å²) in [5.74, 6) is -0.0994. The highest BCUT2D eigenvalue weighted by Crippen LogP contribution is 2.21. The van der Waals surface area contributed by atoms with Crippen LogP contribution >= 0.6 is 0 Å². The third kappa shape index (κ3) is 4.44. The van der Waals surface area contributed by atoms with Crippen LogP contribution < -0.4 is 5.32 Å². The van der Waals surface area contributed by atoms with Crippen LogP contribution in [0.25, 0.3) is 11.1 Å². The summed E-state index contributed by atoms with van der Waals surface area (Å²) in [4.78, 5) is 29.9. The van der Waals surface area contributed by atoms with Crippen LogP contribution in [0.5, 0.6) is 0 Å².